The predicted octanol–water partition coefficient (Wildman–Crippen LogP) is 2.00. The highest BCUT2D eigenvalue weighted by Crippen LogP contribution is 2.19. The van der Waals surface area contributed by atoms with Crippen LogP contribution in [-0.2, 0) is 0 Å². The quantitative estimate of drug-likeness (QED) is 0.746. The molecule has 2 N–H and O–H groups in total. The van der Waals surface area contributed by atoms with Crippen molar-refractivity contribution >= 4 is 33.5 Å². The summed E-state index contributed by atoms with van der Waals surface area (Å²) in [5.41, 5.74) is 0.863. The Morgan fingerprint density at radius 2 is 2.00 bits per heavy atom. The van der Waals surface area contributed by atoms with Gasteiger partial charge >= 0.3 is 0 Å². The molecule has 0 spiro atoms. The minimum Gasteiger partial charge on any atom is -0.357 e. The summed E-state index contributed by atoms with van der Waals surface area (Å²) in [6, 6.07) is 7.71. The van der Waals surface area contributed by atoms with Gasteiger partial charge in [0, 0.05) is 17.2 Å². The van der Waals surface area contributed by atoms with Gasteiger partial charge in [-0.05, 0) is 18.2 Å². The molecular weight excluding hydrogens is 336 g/mol. The molecule has 0 saturated carbocycles. The molecule has 3 rings (SSSR count). The van der Waals surface area contributed by atoms with Crippen molar-refractivity contribution < 1.29 is 0 Å². The highest BCUT2D eigenvalue weighted by atomic mass is 79.9. The molecular formula is C12H11BrN8. The highest BCUT2D eigenvalue weighted by molar-refractivity contribution is 9.10. The molecule has 0 fully saturated rings. The SMILES string of the molecule is CNc1nc(Nc2cccc(Br)c2)nc(-n2cncn2)n1. The summed E-state index contributed by atoms with van der Waals surface area (Å²) in [6.45, 7) is 0. The van der Waals surface area contributed by atoms with E-state index < -0.39 is 0 Å². The predicted molar refractivity (Wildman–Crippen MR) is 81.7 cm³/mol. The maximum atomic E-state index is 4.32. The van der Waals surface area contributed by atoms with Gasteiger partial charge in [0.1, 0.15) is 12.7 Å². The molecule has 0 atom stereocenters. The standard InChI is InChI=1S/C12H11BrN8/c1-14-10-18-11(17-9-4-2-3-8(13)5-9)20-12(19-10)21-7-15-6-16-21/h2-7H,1H3,(H2,14,17,18,19,20). The fourth-order valence-electron chi connectivity index (χ4n) is 1.64. The van der Waals surface area contributed by atoms with Gasteiger partial charge in [0.25, 0.3) is 5.95 Å². The summed E-state index contributed by atoms with van der Waals surface area (Å²) in [4.78, 5) is 16.7. The number of aromatic nitrogens is 6. The summed E-state index contributed by atoms with van der Waals surface area (Å²) >= 11 is 3.42. The van der Waals surface area contributed by atoms with Crippen LogP contribution in [0.5, 0.6) is 0 Å². The van der Waals surface area contributed by atoms with Crippen LogP contribution in [-0.4, -0.2) is 36.8 Å². The minimum atomic E-state index is 0.379. The molecule has 2 aromatic heterocycles. The molecule has 0 saturated heterocycles. The van der Waals surface area contributed by atoms with Gasteiger partial charge in [-0.3, -0.25) is 0 Å². The van der Waals surface area contributed by atoms with Gasteiger partial charge < -0.3 is 10.6 Å². The lowest BCUT2D eigenvalue weighted by atomic mass is 10.3. The van der Waals surface area contributed by atoms with Crippen molar-refractivity contribution in [3.8, 4) is 5.95 Å². The molecule has 0 unspecified atom stereocenters. The molecule has 0 amide bonds. The van der Waals surface area contributed by atoms with E-state index in [1.807, 2.05) is 24.3 Å². The van der Waals surface area contributed by atoms with Crippen LogP contribution in [0.15, 0.2) is 41.4 Å². The third kappa shape index (κ3) is 3.14. The van der Waals surface area contributed by atoms with Gasteiger partial charge in [-0.2, -0.15) is 24.7 Å². The summed E-state index contributed by atoms with van der Waals surface area (Å²) in [6.07, 6.45) is 2.95. The molecule has 3 aromatic rings. The molecule has 9 heteroatoms. The van der Waals surface area contributed by atoms with Crippen molar-refractivity contribution in [1.82, 2.24) is 29.7 Å². The first kappa shape index (κ1) is 13.4. The van der Waals surface area contributed by atoms with Crippen molar-refractivity contribution in [2.75, 3.05) is 17.7 Å². The van der Waals surface area contributed by atoms with Crippen LogP contribution >= 0.6 is 15.9 Å². The van der Waals surface area contributed by atoms with Gasteiger partial charge in [0.05, 0.1) is 0 Å². The first-order valence-electron chi connectivity index (χ1n) is 6.06. The van der Waals surface area contributed by atoms with Gasteiger partial charge in [-0.25, -0.2) is 4.98 Å². The molecule has 1 aromatic carbocycles. The molecule has 2 heterocycles. The van der Waals surface area contributed by atoms with E-state index >= 15 is 0 Å². The molecule has 21 heavy (non-hydrogen) atoms. The van der Waals surface area contributed by atoms with E-state index in [1.54, 1.807) is 7.05 Å². The maximum Gasteiger partial charge on any atom is 0.258 e. The monoisotopic (exact) mass is 346 g/mol. The molecule has 0 aliphatic carbocycles. The molecule has 106 valence electrons. The third-order valence-corrected chi connectivity index (χ3v) is 3.04. The van der Waals surface area contributed by atoms with Crippen molar-refractivity contribution in [2.24, 2.45) is 0 Å². The average molecular weight is 347 g/mol. The first-order valence-corrected chi connectivity index (χ1v) is 6.85. The Balaban J connectivity index is 1.96. The van der Waals surface area contributed by atoms with Crippen LogP contribution in [0.4, 0.5) is 17.6 Å². The number of nitrogens with one attached hydrogen (secondary N) is 2. The summed E-state index contributed by atoms with van der Waals surface area (Å²) in [5.74, 6) is 1.23. The van der Waals surface area contributed by atoms with Crippen LogP contribution in [0.3, 0.4) is 0 Å². The van der Waals surface area contributed by atoms with E-state index in [0.29, 0.717) is 17.8 Å². The normalized spacial score (nSPS) is 10.4. The second-order valence-corrected chi connectivity index (χ2v) is 4.92. The Bertz CT molecular complexity index is 743. The molecule has 0 radical (unpaired) electrons. The van der Waals surface area contributed by atoms with Crippen molar-refractivity contribution in [3.63, 3.8) is 0 Å². The molecule has 0 aliphatic heterocycles. The number of rotatable bonds is 4. The summed E-state index contributed by atoms with van der Waals surface area (Å²) in [7, 11) is 1.74. The van der Waals surface area contributed by atoms with Crippen LogP contribution < -0.4 is 10.6 Å². The summed E-state index contributed by atoms with van der Waals surface area (Å²) < 4.78 is 2.43. The molecule has 0 bridgehead atoms. The van der Waals surface area contributed by atoms with E-state index in [4.69, 9.17) is 0 Å². The lowest BCUT2D eigenvalue weighted by Crippen LogP contribution is -2.09. The molecule has 8 nitrogen and oxygen atoms in total. The number of halogens is 1. The zero-order chi connectivity index (χ0) is 14.7. The van der Waals surface area contributed by atoms with Gasteiger partial charge in [-0.1, -0.05) is 22.0 Å². The fourth-order valence-corrected chi connectivity index (χ4v) is 2.04. The van der Waals surface area contributed by atoms with Gasteiger partial charge in [-0.15, -0.1) is 0 Å². The smallest absolute Gasteiger partial charge is 0.258 e. The van der Waals surface area contributed by atoms with E-state index in [2.05, 4.69) is 51.6 Å². The van der Waals surface area contributed by atoms with Crippen molar-refractivity contribution in [1.29, 1.82) is 0 Å². The van der Waals surface area contributed by atoms with Crippen molar-refractivity contribution in [3.05, 3.63) is 41.4 Å². The number of anilines is 3. The Labute approximate surface area is 128 Å². The Hall–Kier alpha value is -2.55. The second-order valence-electron chi connectivity index (χ2n) is 4.01. The van der Waals surface area contributed by atoms with E-state index in [-0.39, 0.29) is 0 Å². The van der Waals surface area contributed by atoms with Gasteiger partial charge in [0.2, 0.25) is 11.9 Å². The maximum absolute atomic E-state index is 4.32. The number of hydrogen-bond acceptors (Lipinski definition) is 7. The lowest BCUT2D eigenvalue weighted by molar-refractivity contribution is 0.798. The Morgan fingerprint density at radius 3 is 2.71 bits per heavy atom. The average Bonchev–Trinajstić information content (AvgIpc) is 3.01. The van der Waals surface area contributed by atoms with E-state index in [9.17, 15) is 0 Å². The van der Waals surface area contributed by atoms with Crippen LogP contribution in [0.1, 0.15) is 0 Å². The summed E-state index contributed by atoms with van der Waals surface area (Å²) in [5, 5.41) is 10.0. The number of nitrogens with zero attached hydrogens (tertiary/aromatic N) is 6. The Kier molecular flexibility index (Phi) is 3.73. The minimum absolute atomic E-state index is 0.379. The van der Waals surface area contributed by atoms with Crippen molar-refractivity contribution in [2.45, 2.75) is 0 Å². The Morgan fingerprint density at radius 1 is 1.14 bits per heavy atom. The molecule has 0 aliphatic rings. The van der Waals surface area contributed by atoms with Gasteiger partial charge in [0.15, 0.2) is 0 Å². The fraction of sp³-hybridized carbons (Fsp3) is 0.0833. The topological polar surface area (TPSA) is 93.4 Å². The zero-order valence-corrected chi connectivity index (χ0v) is 12.6. The second kappa shape index (κ2) is 5.83. The number of hydrogen-bond donors (Lipinski definition) is 2. The van der Waals surface area contributed by atoms with Crippen LogP contribution in [0.2, 0.25) is 0 Å². The number of benzene rings is 1. The lowest BCUT2D eigenvalue weighted by Gasteiger charge is -2.08. The van der Waals surface area contributed by atoms with E-state index in [1.165, 1.54) is 17.3 Å². The first-order chi connectivity index (χ1) is 10.2. The van der Waals surface area contributed by atoms with Crippen LogP contribution in [0.25, 0.3) is 5.95 Å². The van der Waals surface area contributed by atoms with E-state index in [0.717, 1.165) is 10.2 Å². The third-order valence-electron chi connectivity index (χ3n) is 2.55. The largest absolute Gasteiger partial charge is 0.357 e. The zero-order valence-electron chi connectivity index (χ0n) is 11.0. The highest BCUT2D eigenvalue weighted by Gasteiger charge is 2.08. The van der Waals surface area contributed by atoms with Crippen LogP contribution in [0, 0.1) is 0 Å².